The van der Waals surface area contributed by atoms with E-state index in [1.54, 1.807) is 0 Å². The van der Waals surface area contributed by atoms with Crippen LogP contribution in [0.3, 0.4) is 0 Å². The Morgan fingerprint density at radius 1 is 0.649 bits per heavy atom. The van der Waals surface area contributed by atoms with E-state index < -0.39 is 6.16 Å². The minimum atomic E-state index is -1.24. The van der Waals surface area contributed by atoms with Crippen LogP contribution in [0, 0.1) is 0 Å². The van der Waals surface area contributed by atoms with Crippen molar-refractivity contribution < 1.29 is 19.1 Å². The molecule has 0 atom stereocenters. The van der Waals surface area contributed by atoms with Crippen molar-refractivity contribution in [2.45, 2.75) is 110 Å². The molecule has 4 heteroatoms. The molecule has 0 heterocycles. The molecule has 0 spiro atoms. The smallest absolute Gasteiger partial charge is 0.450 e. The first-order valence-electron chi connectivity index (χ1n) is 14.7. The average molecular weight is 513 g/mol. The van der Waals surface area contributed by atoms with Crippen LogP contribution >= 0.6 is 0 Å². The van der Waals surface area contributed by atoms with E-state index in [2.05, 4.69) is 56.1 Å². The Hall–Kier alpha value is -2.33. The molecule has 2 rings (SSSR count). The van der Waals surface area contributed by atoms with E-state index in [0.717, 1.165) is 16.6 Å². The van der Waals surface area contributed by atoms with Gasteiger partial charge in [-0.25, -0.2) is 4.79 Å². The van der Waals surface area contributed by atoms with E-state index in [1.807, 2.05) is 30.3 Å². The number of carbonyl (C=O) groups is 1. The maximum atomic E-state index is 9.95. The lowest BCUT2D eigenvalue weighted by atomic mass is 10.0. The lowest BCUT2D eigenvalue weighted by Gasteiger charge is -2.30. The van der Waals surface area contributed by atoms with Crippen molar-refractivity contribution in [1.82, 2.24) is 0 Å². The number of benzene rings is 2. The van der Waals surface area contributed by atoms with Gasteiger partial charge in [0.05, 0.1) is 20.6 Å². The molecule has 208 valence electrons. The minimum Gasteiger partial charge on any atom is -0.450 e. The van der Waals surface area contributed by atoms with Crippen molar-refractivity contribution in [3.8, 4) is 0 Å². The van der Waals surface area contributed by atoms with E-state index in [9.17, 15) is 4.79 Å². The maximum Gasteiger partial charge on any atom is 0.506 e. The third-order valence-electron chi connectivity index (χ3n) is 6.78. The molecule has 0 saturated carbocycles. The summed E-state index contributed by atoms with van der Waals surface area (Å²) in [6.45, 7) is 4.87. The van der Waals surface area contributed by atoms with Crippen LogP contribution in [0.25, 0.3) is 0 Å². The summed E-state index contributed by atoms with van der Waals surface area (Å²) in [5.41, 5.74) is 2.32. The second-order valence-electron chi connectivity index (χ2n) is 10.9. The molecular weight excluding hydrogens is 458 g/mol. The van der Waals surface area contributed by atoms with Crippen LogP contribution in [-0.2, 0) is 17.9 Å². The monoisotopic (exact) mass is 512 g/mol. The summed E-state index contributed by atoms with van der Waals surface area (Å²) < 4.78 is 5.46. The zero-order valence-electron chi connectivity index (χ0n) is 24.0. The second kappa shape index (κ2) is 21.7. The first-order valence-corrected chi connectivity index (χ1v) is 14.7. The third-order valence-corrected chi connectivity index (χ3v) is 6.78. The molecule has 0 amide bonds. The van der Waals surface area contributed by atoms with Gasteiger partial charge in [0.25, 0.3) is 0 Å². The van der Waals surface area contributed by atoms with E-state index in [-0.39, 0.29) is 6.61 Å². The van der Waals surface area contributed by atoms with Crippen molar-refractivity contribution in [2.24, 2.45) is 0 Å². The predicted molar refractivity (Wildman–Crippen MR) is 157 cm³/mol. The van der Waals surface area contributed by atoms with E-state index in [0.29, 0.717) is 0 Å². The highest BCUT2D eigenvalue weighted by atomic mass is 16.7. The van der Waals surface area contributed by atoms with E-state index in [1.165, 1.54) is 102 Å². The number of hydrogen-bond acceptors (Lipinski definition) is 2. The van der Waals surface area contributed by atoms with Crippen molar-refractivity contribution in [1.29, 1.82) is 0 Å². The van der Waals surface area contributed by atoms with Gasteiger partial charge in [0.2, 0.25) is 0 Å². The predicted octanol–water partition coefficient (Wildman–Crippen LogP) is 9.63. The second-order valence-corrected chi connectivity index (χ2v) is 10.9. The van der Waals surface area contributed by atoms with Crippen LogP contribution in [0.4, 0.5) is 4.79 Å². The van der Waals surface area contributed by atoms with Crippen molar-refractivity contribution >= 4 is 6.16 Å². The molecule has 1 N–H and O–H groups in total. The number of ether oxygens (including phenoxy) is 1. The summed E-state index contributed by atoms with van der Waals surface area (Å²) in [4.78, 5) is 9.95. The summed E-state index contributed by atoms with van der Waals surface area (Å²) in [5, 5.41) is 8.15. The molecule has 0 aliphatic carbocycles. The normalized spacial score (nSPS) is 11.0. The largest absolute Gasteiger partial charge is 0.506 e. The Morgan fingerprint density at radius 3 is 1.49 bits per heavy atom. The van der Waals surface area contributed by atoms with Gasteiger partial charge < -0.3 is 14.3 Å². The molecule has 0 unspecified atom stereocenters. The molecule has 0 aliphatic heterocycles. The van der Waals surface area contributed by atoms with Gasteiger partial charge in [0.15, 0.2) is 0 Å². The number of quaternary nitrogens is 1. The van der Waals surface area contributed by atoms with Gasteiger partial charge in [-0.05, 0) is 18.4 Å². The highest BCUT2D eigenvalue weighted by molar-refractivity contribution is 5.56. The van der Waals surface area contributed by atoms with Gasteiger partial charge >= 0.3 is 6.16 Å². The Balaban J connectivity index is 0.000000516. The van der Waals surface area contributed by atoms with Gasteiger partial charge in [-0.3, -0.25) is 0 Å². The zero-order valence-corrected chi connectivity index (χ0v) is 24.0. The molecule has 0 aromatic heterocycles. The van der Waals surface area contributed by atoms with E-state index >= 15 is 0 Å². The fraction of sp³-hybridized carbons (Fsp3) is 0.606. The maximum absolute atomic E-state index is 9.95. The molecule has 2 aromatic rings. The molecule has 0 saturated heterocycles. The van der Waals surface area contributed by atoms with Crippen LogP contribution in [0.1, 0.15) is 108 Å². The third kappa shape index (κ3) is 20.4. The van der Waals surface area contributed by atoms with Crippen LogP contribution in [0.5, 0.6) is 0 Å². The molecule has 0 aliphatic rings. The molecule has 0 bridgehead atoms. The number of unbranched alkanes of at least 4 members (excludes halogenated alkanes) is 13. The van der Waals surface area contributed by atoms with Crippen LogP contribution in [0.2, 0.25) is 0 Å². The number of rotatable bonds is 19. The summed E-state index contributed by atoms with van der Waals surface area (Å²) in [6.07, 6.45) is 18.9. The summed E-state index contributed by atoms with van der Waals surface area (Å²) in [7, 11) is 4.74. The van der Waals surface area contributed by atoms with Gasteiger partial charge in [-0.15, -0.1) is 0 Å². The lowest BCUT2D eigenvalue weighted by Crippen LogP contribution is -2.39. The quantitative estimate of drug-likeness (QED) is 0.116. The van der Waals surface area contributed by atoms with Gasteiger partial charge in [-0.1, -0.05) is 145 Å². The molecule has 2 aromatic carbocycles. The number of nitrogens with zero attached hydrogens (tertiary/aromatic N) is 1. The van der Waals surface area contributed by atoms with Gasteiger partial charge in [0.1, 0.15) is 13.2 Å². The van der Waals surface area contributed by atoms with Crippen LogP contribution in [0.15, 0.2) is 60.7 Å². The van der Waals surface area contributed by atoms with Gasteiger partial charge in [-0.2, -0.15) is 0 Å². The van der Waals surface area contributed by atoms with E-state index in [4.69, 9.17) is 5.11 Å². The standard InChI is InChI=1S/C25H46N.C8H8O3/c1-4-5-6-7-8-9-10-11-12-13-14-15-16-20-23-26(2,3)24-25-21-18-17-19-22-25;9-8(10)11-6-7-4-2-1-3-5-7/h17-19,21-22H,4-16,20,23-24H2,1-3H3;1-5H,6H2,(H,9,10)/q+1;. The minimum absolute atomic E-state index is 0.121. The summed E-state index contributed by atoms with van der Waals surface area (Å²) in [6, 6.07) is 20.1. The molecule has 0 fully saturated rings. The number of carboxylic acid groups (broad SMARTS) is 1. The van der Waals surface area contributed by atoms with Crippen molar-refractivity contribution in [2.75, 3.05) is 20.6 Å². The first-order chi connectivity index (χ1) is 17.9. The highest BCUT2D eigenvalue weighted by Crippen LogP contribution is 2.15. The SMILES string of the molecule is CCCCCCCCCCCCCCCC[N+](C)(C)Cc1ccccc1.O=C(O)OCc1ccccc1. The molecule has 4 nitrogen and oxygen atoms in total. The Bertz CT molecular complexity index is 777. The molecule has 0 radical (unpaired) electrons. The van der Waals surface area contributed by atoms with Crippen LogP contribution < -0.4 is 0 Å². The highest BCUT2D eigenvalue weighted by Gasteiger charge is 2.14. The van der Waals surface area contributed by atoms with Crippen LogP contribution in [-0.4, -0.2) is 36.4 Å². The number of hydrogen-bond donors (Lipinski definition) is 1. The average Bonchev–Trinajstić information content (AvgIpc) is 2.89. The lowest BCUT2D eigenvalue weighted by molar-refractivity contribution is -0.903. The Kier molecular flexibility index (Phi) is 19.2. The first kappa shape index (κ1) is 32.7. The fourth-order valence-electron chi connectivity index (χ4n) is 4.61. The summed E-state index contributed by atoms with van der Waals surface area (Å²) >= 11 is 0. The van der Waals surface area contributed by atoms with Crippen molar-refractivity contribution in [3.05, 3.63) is 71.8 Å². The molecule has 37 heavy (non-hydrogen) atoms. The summed E-state index contributed by atoms with van der Waals surface area (Å²) in [5.74, 6) is 0. The Morgan fingerprint density at radius 2 is 1.05 bits per heavy atom. The van der Waals surface area contributed by atoms with Crippen molar-refractivity contribution in [3.63, 3.8) is 0 Å². The zero-order chi connectivity index (χ0) is 27.0. The topological polar surface area (TPSA) is 46.5 Å². The van der Waals surface area contributed by atoms with Gasteiger partial charge in [0, 0.05) is 5.56 Å². The molecular formula is C33H54NO3+. The Labute approximate surface area is 227 Å². The fourth-order valence-corrected chi connectivity index (χ4v) is 4.61.